The Morgan fingerprint density at radius 2 is 2.50 bits per heavy atom. The SMILES string of the molecule is NC1=NCCN1C1=[P+]([O-])OC1=O. The molecule has 6 nitrogen and oxygen atoms in total. The van der Waals surface area contributed by atoms with E-state index < -0.39 is 14.0 Å². The molecule has 2 heterocycles. The zero-order valence-electron chi connectivity index (χ0n) is 6.06. The summed E-state index contributed by atoms with van der Waals surface area (Å²) >= 11 is 0. The normalized spacial score (nSPS) is 25.2. The van der Waals surface area contributed by atoms with Crippen molar-refractivity contribution in [3.05, 3.63) is 0 Å². The van der Waals surface area contributed by atoms with Gasteiger partial charge in [-0.2, -0.15) is 0 Å². The Morgan fingerprint density at radius 1 is 1.75 bits per heavy atom. The highest BCUT2D eigenvalue weighted by Gasteiger charge is 2.44. The molecule has 1 atom stereocenters. The molecule has 0 saturated heterocycles. The molecule has 2 rings (SSSR count). The number of guanidine groups is 1. The van der Waals surface area contributed by atoms with Crippen molar-refractivity contribution in [2.24, 2.45) is 10.7 Å². The molecule has 0 radical (unpaired) electrons. The molecule has 64 valence electrons. The maximum Gasteiger partial charge on any atom is 0.453 e. The lowest BCUT2D eigenvalue weighted by atomic mass is 10.5. The van der Waals surface area contributed by atoms with Gasteiger partial charge in [0, 0.05) is 6.54 Å². The maximum atomic E-state index is 10.9. The predicted molar refractivity (Wildman–Crippen MR) is 41.2 cm³/mol. The summed E-state index contributed by atoms with van der Waals surface area (Å²) in [4.78, 5) is 27.0. The Hall–Kier alpha value is -1.13. The Kier molecular flexibility index (Phi) is 1.52. The van der Waals surface area contributed by atoms with E-state index >= 15 is 0 Å². The number of aliphatic imine (C=N–C) groups is 1. The van der Waals surface area contributed by atoms with Crippen LogP contribution in [0.4, 0.5) is 0 Å². The van der Waals surface area contributed by atoms with Gasteiger partial charge in [0.25, 0.3) is 0 Å². The summed E-state index contributed by atoms with van der Waals surface area (Å²) in [6.07, 6.45) is 0. The summed E-state index contributed by atoms with van der Waals surface area (Å²) < 4.78 is 4.29. The van der Waals surface area contributed by atoms with Crippen molar-refractivity contribution in [3.8, 4) is 0 Å². The van der Waals surface area contributed by atoms with E-state index in [9.17, 15) is 9.69 Å². The molecule has 2 aliphatic rings. The average Bonchev–Trinajstić information content (AvgIpc) is 2.37. The fraction of sp³-hybridized carbons (Fsp3) is 0.400. The molecular formula is C5H6N3O3P. The molecule has 0 aromatic heterocycles. The fourth-order valence-corrected chi connectivity index (χ4v) is 1.87. The fourth-order valence-electron chi connectivity index (χ4n) is 1.08. The summed E-state index contributed by atoms with van der Waals surface area (Å²) in [6.45, 7) is 1.04. The average molecular weight is 187 g/mol. The second kappa shape index (κ2) is 2.43. The smallest absolute Gasteiger partial charge is 0.453 e. The van der Waals surface area contributed by atoms with Crippen LogP contribution < -0.4 is 10.6 Å². The molecule has 0 fully saturated rings. The van der Waals surface area contributed by atoms with Crippen LogP contribution in [-0.2, 0) is 9.32 Å². The van der Waals surface area contributed by atoms with Crippen LogP contribution in [0.25, 0.3) is 0 Å². The van der Waals surface area contributed by atoms with Crippen molar-refractivity contribution in [2.45, 2.75) is 0 Å². The number of hydrogen-bond donors (Lipinski definition) is 1. The van der Waals surface area contributed by atoms with E-state index in [4.69, 9.17) is 5.73 Å². The topological polar surface area (TPSA) is 91.0 Å². The summed E-state index contributed by atoms with van der Waals surface area (Å²) in [6, 6.07) is 0. The zero-order valence-corrected chi connectivity index (χ0v) is 6.95. The van der Waals surface area contributed by atoms with E-state index in [1.807, 2.05) is 0 Å². The largest absolute Gasteiger partial charge is 0.593 e. The zero-order chi connectivity index (χ0) is 8.72. The van der Waals surface area contributed by atoms with Gasteiger partial charge < -0.3 is 10.6 Å². The molecule has 2 aliphatic heterocycles. The van der Waals surface area contributed by atoms with Crippen molar-refractivity contribution >= 4 is 25.3 Å². The first-order valence-corrected chi connectivity index (χ1v) is 4.52. The number of rotatable bonds is 1. The van der Waals surface area contributed by atoms with Gasteiger partial charge in [-0.05, 0) is 0 Å². The molecule has 0 aromatic rings. The highest BCUT2D eigenvalue weighted by atomic mass is 31.1. The molecule has 0 saturated carbocycles. The first kappa shape index (κ1) is 7.52. The van der Waals surface area contributed by atoms with Crippen molar-refractivity contribution in [1.29, 1.82) is 0 Å². The molecule has 1 unspecified atom stereocenters. The number of carbonyl (C=O) groups excluding carboxylic acids is 1. The lowest BCUT2D eigenvalue weighted by Gasteiger charge is -2.19. The molecular weight excluding hydrogens is 181 g/mol. The highest BCUT2D eigenvalue weighted by molar-refractivity contribution is 7.54. The maximum absolute atomic E-state index is 10.9. The Labute approximate surface area is 69.2 Å². The number of nitrogens with two attached hydrogens (primary N) is 1. The summed E-state index contributed by atoms with van der Waals surface area (Å²) in [5.74, 6) is -0.318. The van der Waals surface area contributed by atoms with Crippen molar-refractivity contribution in [1.82, 2.24) is 4.90 Å². The van der Waals surface area contributed by atoms with Crippen molar-refractivity contribution in [2.75, 3.05) is 13.1 Å². The molecule has 2 N–H and O–H groups in total. The molecule has 0 aliphatic carbocycles. The second-order valence-electron chi connectivity index (χ2n) is 2.35. The minimum absolute atomic E-state index is 0.142. The van der Waals surface area contributed by atoms with Crippen LogP contribution in [-0.4, -0.2) is 35.3 Å². The van der Waals surface area contributed by atoms with Crippen LogP contribution in [0, 0.1) is 0 Å². The van der Waals surface area contributed by atoms with Gasteiger partial charge >= 0.3 is 19.4 Å². The van der Waals surface area contributed by atoms with Crippen LogP contribution in [0.1, 0.15) is 0 Å². The minimum Gasteiger partial charge on any atom is -0.593 e. The first-order chi connectivity index (χ1) is 5.70. The quantitative estimate of drug-likeness (QED) is 0.478. The van der Waals surface area contributed by atoms with Gasteiger partial charge in [0.2, 0.25) is 0 Å². The van der Waals surface area contributed by atoms with Gasteiger partial charge in [-0.1, -0.05) is 0 Å². The standard InChI is InChI=1S/C5H6N3O3P/c6-5-7-1-2-8(5)3-4(9)11-12(3)10/h1-2H2,(H2,6,7). The number of nitrogens with zero attached hydrogens (tertiary/aromatic N) is 2. The Balaban J connectivity index is 2.26. The molecule has 7 heteroatoms. The minimum atomic E-state index is -1.98. The van der Waals surface area contributed by atoms with Crippen LogP contribution in [0.3, 0.4) is 0 Å². The molecule has 12 heavy (non-hydrogen) atoms. The third-order valence-corrected chi connectivity index (χ3v) is 2.75. The summed E-state index contributed by atoms with van der Waals surface area (Å²) in [5, 5.41) is 0. The van der Waals surface area contributed by atoms with E-state index in [0.29, 0.717) is 13.1 Å². The number of hydrogen-bond acceptors (Lipinski definition) is 6. The summed E-state index contributed by atoms with van der Waals surface area (Å²) in [5.41, 5.74) is 5.57. The third kappa shape index (κ3) is 0.888. The monoisotopic (exact) mass is 187 g/mol. The van der Waals surface area contributed by atoms with Crippen molar-refractivity contribution in [3.63, 3.8) is 0 Å². The van der Waals surface area contributed by atoms with Crippen molar-refractivity contribution < 1.29 is 14.2 Å². The van der Waals surface area contributed by atoms with Gasteiger partial charge in [0.05, 0.1) is 6.54 Å². The van der Waals surface area contributed by atoms with E-state index in [2.05, 4.69) is 9.52 Å². The van der Waals surface area contributed by atoms with E-state index in [-0.39, 0.29) is 11.4 Å². The second-order valence-corrected chi connectivity index (χ2v) is 3.47. The van der Waals surface area contributed by atoms with Gasteiger partial charge in [-0.25, -0.2) is 9.32 Å². The van der Waals surface area contributed by atoms with Gasteiger partial charge in [0.15, 0.2) is 5.96 Å². The van der Waals surface area contributed by atoms with Gasteiger partial charge in [-0.15, -0.1) is 0 Å². The lowest BCUT2D eigenvalue weighted by Crippen LogP contribution is -2.47. The molecule has 0 aromatic carbocycles. The lowest BCUT2D eigenvalue weighted by molar-refractivity contribution is -0.179. The molecule has 0 spiro atoms. The first-order valence-electron chi connectivity index (χ1n) is 3.34. The van der Waals surface area contributed by atoms with Gasteiger partial charge in [-0.3, -0.25) is 9.89 Å². The molecule has 0 bridgehead atoms. The number of carbonyl (C=O) groups is 1. The third-order valence-electron chi connectivity index (χ3n) is 1.65. The van der Waals surface area contributed by atoms with Crippen LogP contribution in [0.5, 0.6) is 0 Å². The van der Waals surface area contributed by atoms with Gasteiger partial charge in [0.1, 0.15) is 0 Å². The predicted octanol–water partition coefficient (Wildman–Crippen LogP) is -2.02. The molecule has 0 amide bonds. The van der Waals surface area contributed by atoms with E-state index in [0.717, 1.165) is 0 Å². The Bertz CT molecular complexity index is 311. The highest BCUT2D eigenvalue weighted by Crippen LogP contribution is 2.29. The van der Waals surface area contributed by atoms with Crippen LogP contribution in [0.2, 0.25) is 0 Å². The Morgan fingerprint density at radius 3 is 2.92 bits per heavy atom. The van der Waals surface area contributed by atoms with Crippen LogP contribution in [0.15, 0.2) is 4.99 Å². The van der Waals surface area contributed by atoms with Crippen LogP contribution >= 0.6 is 8.00 Å². The van der Waals surface area contributed by atoms with E-state index in [1.165, 1.54) is 4.90 Å². The van der Waals surface area contributed by atoms with E-state index in [1.54, 1.807) is 0 Å². The summed E-state index contributed by atoms with van der Waals surface area (Å²) in [7, 11) is -1.98.